The van der Waals surface area contributed by atoms with E-state index < -0.39 is 5.82 Å². The van der Waals surface area contributed by atoms with Gasteiger partial charge in [0.2, 0.25) is 0 Å². The normalized spacial score (nSPS) is 14.7. The Morgan fingerprint density at radius 1 is 1.42 bits per heavy atom. The van der Waals surface area contributed by atoms with E-state index in [1.54, 1.807) is 22.4 Å². The number of halogens is 1. The van der Waals surface area contributed by atoms with Gasteiger partial charge in [0.25, 0.3) is 5.91 Å². The molecule has 1 saturated heterocycles. The third kappa shape index (κ3) is 3.73. The quantitative estimate of drug-likeness (QED) is 0.831. The number of rotatable bonds is 5. The van der Waals surface area contributed by atoms with Gasteiger partial charge in [-0.2, -0.15) is 0 Å². The molecule has 5 nitrogen and oxygen atoms in total. The number of ether oxygens (including phenoxy) is 2. The molecule has 0 spiro atoms. The van der Waals surface area contributed by atoms with Gasteiger partial charge in [-0.25, -0.2) is 9.37 Å². The van der Waals surface area contributed by atoms with Crippen molar-refractivity contribution >= 4 is 17.2 Å². The van der Waals surface area contributed by atoms with Crippen molar-refractivity contribution in [3.63, 3.8) is 0 Å². The predicted octanol–water partition coefficient (Wildman–Crippen LogP) is 3.21. The average Bonchev–Trinajstić information content (AvgIpc) is 3.10. The maximum Gasteiger partial charge on any atom is 0.273 e. The molecule has 0 atom stereocenters. The van der Waals surface area contributed by atoms with Crippen molar-refractivity contribution in [2.24, 2.45) is 0 Å². The van der Waals surface area contributed by atoms with Crippen LogP contribution in [-0.2, 0) is 4.74 Å². The van der Waals surface area contributed by atoms with Gasteiger partial charge in [0.1, 0.15) is 22.3 Å². The Morgan fingerprint density at radius 3 is 2.92 bits per heavy atom. The molecule has 7 heteroatoms. The number of thiazole rings is 1. The van der Waals surface area contributed by atoms with Gasteiger partial charge in [-0.05, 0) is 18.6 Å². The van der Waals surface area contributed by atoms with Crippen molar-refractivity contribution in [3.05, 3.63) is 35.1 Å². The van der Waals surface area contributed by atoms with E-state index in [0.717, 1.165) is 6.42 Å². The van der Waals surface area contributed by atoms with Crippen LogP contribution >= 0.6 is 11.3 Å². The first-order valence-corrected chi connectivity index (χ1v) is 8.82. The number of nitrogens with zero attached hydrogens (tertiary/aromatic N) is 2. The van der Waals surface area contributed by atoms with E-state index >= 15 is 0 Å². The van der Waals surface area contributed by atoms with Crippen molar-refractivity contribution in [3.8, 4) is 16.3 Å². The van der Waals surface area contributed by atoms with Crippen LogP contribution in [0.5, 0.6) is 5.75 Å². The molecule has 1 aliphatic heterocycles. The Bertz CT molecular complexity index is 714. The number of morpholine rings is 1. The molecule has 24 heavy (non-hydrogen) atoms. The van der Waals surface area contributed by atoms with Crippen molar-refractivity contribution in [1.82, 2.24) is 9.88 Å². The zero-order valence-corrected chi connectivity index (χ0v) is 14.3. The predicted molar refractivity (Wildman–Crippen MR) is 90.0 cm³/mol. The number of hydrogen-bond donors (Lipinski definition) is 0. The fourth-order valence-corrected chi connectivity index (χ4v) is 3.22. The van der Waals surface area contributed by atoms with Crippen LogP contribution in [0.1, 0.15) is 23.8 Å². The highest BCUT2D eigenvalue weighted by Crippen LogP contribution is 2.29. The Labute approximate surface area is 144 Å². The smallest absolute Gasteiger partial charge is 0.273 e. The maximum absolute atomic E-state index is 14.3. The van der Waals surface area contributed by atoms with Crippen LogP contribution in [-0.4, -0.2) is 48.7 Å². The first-order chi connectivity index (χ1) is 11.7. The molecule has 0 saturated carbocycles. The van der Waals surface area contributed by atoms with Gasteiger partial charge in [0, 0.05) is 30.1 Å². The summed E-state index contributed by atoms with van der Waals surface area (Å²) in [5.41, 5.74) is 0.729. The fraction of sp³-hybridized carbons (Fsp3) is 0.412. The van der Waals surface area contributed by atoms with E-state index in [4.69, 9.17) is 9.47 Å². The number of benzene rings is 1. The number of aromatic nitrogens is 1. The van der Waals surface area contributed by atoms with Crippen LogP contribution in [0.25, 0.3) is 10.6 Å². The Hall–Kier alpha value is -1.99. The van der Waals surface area contributed by atoms with E-state index in [0.29, 0.717) is 54.9 Å². The second kappa shape index (κ2) is 7.72. The summed E-state index contributed by atoms with van der Waals surface area (Å²) in [6.45, 7) is 4.74. The summed E-state index contributed by atoms with van der Waals surface area (Å²) < 4.78 is 25.0. The number of amides is 1. The van der Waals surface area contributed by atoms with E-state index in [2.05, 4.69) is 4.98 Å². The SMILES string of the molecule is CCCOc1ccc(-c2nc(C(=O)N3CCOCC3)cs2)c(F)c1. The summed E-state index contributed by atoms with van der Waals surface area (Å²) in [7, 11) is 0. The highest BCUT2D eigenvalue weighted by Gasteiger charge is 2.21. The number of hydrogen-bond acceptors (Lipinski definition) is 5. The number of carbonyl (C=O) groups is 1. The van der Waals surface area contributed by atoms with Crippen LogP contribution in [0.2, 0.25) is 0 Å². The van der Waals surface area contributed by atoms with Crippen LogP contribution in [0, 0.1) is 5.82 Å². The van der Waals surface area contributed by atoms with Crippen molar-refractivity contribution < 1.29 is 18.7 Å². The largest absolute Gasteiger partial charge is 0.494 e. The van der Waals surface area contributed by atoms with Gasteiger partial charge < -0.3 is 14.4 Å². The molecule has 2 aromatic rings. The minimum Gasteiger partial charge on any atom is -0.494 e. The molecule has 0 unspecified atom stereocenters. The number of carbonyl (C=O) groups excluding carboxylic acids is 1. The van der Waals surface area contributed by atoms with Gasteiger partial charge in [-0.3, -0.25) is 4.79 Å². The van der Waals surface area contributed by atoms with Crippen LogP contribution in [0.3, 0.4) is 0 Å². The monoisotopic (exact) mass is 350 g/mol. The molecule has 2 heterocycles. The van der Waals surface area contributed by atoms with Gasteiger partial charge in [0.15, 0.2) is 0 Å². The Kier molecular flexibility index (Phi) is 5.42. The first-order valence-electron chi connectivity index (χ1n) is 7.94. The molecule has 3 rings (SSSR count). The lowest BCUT2D eigenvalue weighted by molar-refractivity contribution is 0.0299. The summed E-state index contributed by atoms with van der Waals surface area (Å²) in [5, 5.41) is 2.17. The summed E-state index contributed by atoms with van der Waals surface area (Å²) in [5.74, 6) is -0.0355. The van der Waals surface area contributed by atoms with E-state index in [1.165, 1.54) is 17.4 Å². The second-order valence-electron chi connectivity index (χ2n) is 5.43. The molecule has 0 aliphatic carbocycles. The molecule has 0 bridgehead atoms. The summed E-state index contributed by atoms with van der Waals surface area (Å²) in [4.78, 5) is 18.4. The van der Waals surface area contributed by atoms with Gasteiger partial charge >= 0.3 is 0 Å². The lowest BCUT2D eigenvalue weighted by Crippen LogP contribution is -2.40. The van der Waals surface area contributed by atoms with Crippen molar-refractivity contribution in [1.29, 1.82) is 0 Å². The Morgan fingerprint density at radius 2 is 2.21 bits per heavy atom. The van der Waals surface area contributed by atoms with Crippen molar-refractivity contribution in [2.75, 3.05) is 32.9 Å². The third-order valence-corrected chi connectivity index (χ3v) is 4.54. The van der Waals surface area contributed by atoms with Crippen LogP contribution in [0.15, 0.2) is 23.6 Å². The molecule has 1 aromatic carbocycles. The minimum absolute atomic E-state index is 0.135. The fourth-order valence-electron chi connectivity index (χ4n) is 2.40. The van der Waals surface area contributed by atoms with Crippen LogP contribution in [0.4, 0.5) is 4.39 Å². The lowest BCUT2D eigenvalue weighted by Gasteiger charge is -2.25. The third-order valence-electron chi connectivity index (χ3n) is 3.67. The standard InChI is InChI=1S/C17H19FN2O3S/c1-2-7-23-12-3-4-13(14(18)10-12)16-19-15(11-24-16)17(21)20-5-8-22-9-6-20/h3-4,10-11H,2,5-9H2,1H3. The molecular formula is C17H19FN2O3S. The molecule has 1 fully saturated rings. The molecule has 1 aromatic heterocycles. The zero-order chi connectivity index (χ0) is 16.9. The van der Waals surface area contributed by atoms with E-state index in [9.17, 15) is 9.18 Å². The molecule has 0 N–H and O–H groups in total. The Balaban J connectivity index is 1.76. The van der Waals surface area contributed by atoms with E-state index in [-0.39, 0.29) is 5.91 Å². The lowest BCUT2D eigenvalue weighted by atomic mass is 10.2. The van der Waals surface area contributed by atoms with E-state index in [1.807, 2.05) is 6.92 Å². The first kappa shape index (κ1) is 16.9. The molecular weight excluding hydrogens is 331 g/mol. The molecule has 1 aliphatic rings. The molecule has 0 radical (unpaired) electrons. The summed E-state index contributed by atoms with van der Waals surface area (Å²) in [6, 6.07) is 4.72. The van der Waals surface area contributed by atoms with Gasteiger partial charge in [-0.1, -0.05) is 6.92 Å². The highest BCUT2D eigenvalue weighted by molar-refractivity contribution is 7.13. The van der Waals surface area contributed by atoms with Crippen molar-refractivity contribution in [2.45, 2.75) is 13.3 Å². The zero-order valence-electron chi connectivity index (χ0n) is 13.5. The summed E-state index contributed by atoms with van der Waals surface area (Å²) >= 11 is 1.26. The van der Waals surface area contributed by atoms with Gasteiger partial charge in [-0.15, -0.1) is 11.3 Å². The second-order valence-corrected chi connectivity index (χ2v) is 6.29. The topological polar surface area (TPSA) is 51.7 Å². The molecule has 128 valence electrons. The van der Waals surface area contributed by atoms with Gasteiger partial charge in [0.05, 0.1) is 19.8 Å². The highest BCUT2D eigenvalue weighted by atomic mass is 32.1. The summed E-state index contributed by atoms with van der Waals surface area (Å²) in [6.07, 6.45) is 0.864. The van der Waals surface area contributed by atoms with Crippen LogP contribution < -0.4 is 4.74 Å². The maximum atomic E-state index is 14.3. The minimum atomic E-state index is -0.400. The average molecular weight is 350 g/mol. The molecule has 1 amide bonds.